The summed E-state index contributed by atoms with van der Waals surface area (Å²) in [4.78, 5) is 12.0. The van der Waals surface area contributed by atoms with Gasteiger partial charge in [0.25, 0.3) is 5.91 Å². The summed E-state index contributed by atoms with van der Waals surface area (Å²) in [5.74, 6) is 0.590. The number of hydrogen-bond donors (Lipinski definition) is 1. The number of ether oxygens (including phenoxy) is 1. The van der Waals surface area contributed by atoms with Gasteiger partial charge in [0.15, 0.2) is 6.61 Å². The van der Waals surface area contributed by atoms with Crippen LogP contribution in [0.5, 0.6) is 5.75 Å². The van der Waals surface area contributed by atoms with Crippen molar-refractivity contribution in [2.45, 2.75) is 26.8 Å². The molecule has 21 heavy (non-hydrogen) atoms. The quantitative estimate of drug-likeness (QED) is 0.918. The summed E-state index contributed by atoms with van der Waals surface area (Å²) >= 11 is 0. The van der Waals surface area contributed by atoms with Crippen LogP contribution in [0.15, 0.2) is 30.5 Å². The van der Waals surface area contributed by atoms with Crippen LogP contribution in [0.2, 0.25) is 0 Å². The molecule has 1 aromatic carbocycles. The lowest BCUT2D eigenvalue weighted by atomic mass is 10.1. The van der Waals surface area contributed by atoms with Crippen molar-refractivity contribution in [3.05, 3.63) is 47.3 Å². The fourth-order valence-electron chi connectivity index (χ4n) is 2.16. The second-order valence-electron chi connectivity index (χ2n) is 5.15. The Balaban J connectivity index is 1.90. The van der Waals surface area contributed by atoms with Crippen molar-refractivity contribution in [2.24, 2.45) is 7.05 Å². The molecule has 0 fully saturated rings. The van der Waals surface area contributed by atoms with Crippen molar-refractivity contribution in [1.29, 1.82) is 0 Å². The molecule has 0 aliphatic carbocycles. The Bertz CT molecular complexity index is 634. The molecule has 112 valence electrons. The van der Waals surface area contributed by atoms with Gasteiger partial charge in [0.05, 0.1) is 12.2 Å². The van der Waals surface area contributed by atoms with Crippen LogP contribution in [0.4, 0.5) is 0 Å². The van der Waals surface area contributed by atoms with E-state index >= 15 is 0 Å². The smallest absolute Gasteiger partial charge is 0.258 e. The van der Waals surface area contributed by atoms with Crippen LogP contribution >= 0.6 is 0 Å². The van der Waals surface area contributed by atoms with E-state index in [9.17, 15) is 4.79 Å². The molecule has 2 rings (SSSR count). The minimum Gasteiger partial charge on any atom is -0.484 e. The molecule has 0 radical (unpaired) electrons. The Hall–Kier alpha value is -2.30. The number of nitrogens with zero attached hydrogens (tertiary/aromatic N) is 2. The molecular formula is C16H21N3O2. The van der Waals surface area contributed by atoms with Gasteiger partial charge in [0.1, 0.15) is 5.75 Å². The van der Waals surface area contributed by atoms with Crippen LogP contribution < -0.4 is 10.1 Å². The van der Waals surface area contributed by atoms with Crippen LogP contribution in [0.1, 0.15) is 29.8 Å². The maximum Gasteiger partial charge on any atom is 0.258 e. The fourth-order valence-corrected chi connectivity index (χ4v) is 2.16. The molecule has 1 N–H and O–H groups in total. The molecule has 1 atom stereocenters. The topological polar surface area (TPSA) is 56.1 Å². The average Bonchev–Trinajstić information content (AvgIpc) is 2.78. The third kappa shape index (κ3) is 3.62. The molecule has 1 unspecified atom stereocenters. The monoisotopic (exact) mass is 287 g/mol. The SMILES string of the molecule is Cc1ccccc1OCC(=O)NC(C)c1cnn(C)c1C. The molecular weight excluding hydrogens is 266 g/mol. The van der Waals surface area contributed by atoms with Gasteiger partial charge < -0.3 is 10.1 Å². The Kier molecular flexibility index (Phi) is 4.62. The van der Waals surface area contributed by atoms with Gasteiger partial charge in [-0.1, -0.05) is 18.2 Å². The van der Waals surface area contributed by atoms with Crippen LogP contribution in [0.25, 0.3) is 0 Å². The largest absolute Gasteiger partial charge is 0.484 e. The van der Waals surface area contributed by atoms with E-state index in [1.54, 1.807) is 10.9 Å². The lowest BCUT2D eigenvalue weighted by molar-refractivity contribution is -0.123. The number of para-hydroxylation sites is 1. The number of hydrogen-bond acceptors (Lipinski definition) is 3. The van der Waals surface area contributed by atoms with Crippen LogP contribution in [0, 0.1) is 13.8 Å². The Morgan fingerprint density at radius 1 is 1.38 bits per heavy atom. The first-order chi connectivity index (χ1) is 9.99. The molecule has 0 aliphatic heterocycles. The third-order valence-corrected chi connectivity index (χ3v) is 3.57. The van der Waals surface area contributed by atoms with E-state index in [2.05, 4.69) is 10.4 Å². The van der Waals surface area contributed by atoms with Crippen molar-refractivity contribution in [1.82, 2.24) is 15.1 Å². The standard InChI is InChI=1S/C16H21N3O2/c1-11-7-5-6-8-15(11)21-10-16(20)18-12(2)14-9-17-19(4)13(14)3/h5-9,12H,10H2,1-4H3,(H,18,20). The molecule has 0 spiro atoms. The van der Waals surface area contributed by atoms with E-state index < -0.39 is 0 Å². The van der Waals surface area contributed by atoms with E-state index in [1.165, 1.54) is 0 Å². The number of aryl methyl sites for hydroxylation is 2. The van der Waals surface area contributed by atoms with E-state index in [0.717, 1.165) is 22.6 Å². The van der Waals surface area contributed by atoms with Crippen LogP contribution in [-0.4, -0.2) is 22.3 Å². The van der Waals surface area contributed by atoms with Gasteiger partial charge in [-0.25, -0.2) is 0 Å². The molecule has 0 saturated heterocycles. The molecule has 2 aromatic rings. The maximum absolute atomic E-state index is 12.0. The highest BCUT2D eigenvalue weighted by Crippen LogP contribution is 2.17. The number of amides is 1. The van der Waals surface area contributed by atoms with Crippen molar-refractivity contribution in [3.8, 4) is 5.75 Å². The Morgan fingerprint density at radius 3 is 2.71 bits per heavy atom. The van der Waals surface area contributed by atoms with Crippen molar-refractivity contribution >= 4 is 5.91 Å². The average molecular weight is 287 g/mol. The zero-order valence-electron chi connectivity index (χ0n) is 12.9. The van der Waals surface area contributed by atoms with Crippen LogP contribution in [0.3, 0.4) is 0 Å². The molecule has 1 heterocycles. The normalized spacial score (nSPS) is 12.0. The van der Waals surface area contributed by atoms with Crippen molar-refractivity contribution in [3.63, 3.8) is 0 Å². The first-order valence-electron chi connectivity index (χ1n) is 6.95. The predicted molar refractivity (Wildman–Crippen MR) is 81.2 cm³/mol. The van der Waals surface area contributed by atoms with Gasteiger partial charge in [-0.15, -0.1) is 0 Å². The number of aromatic nitrogens is 2. The first kappa shape index (κ1) is 15.1. The van der Waals surface area contributed by atoms with E-state index in [-0.39, 0.29) is 18.6 Å². The zero-order valence-corrected chi connectivity index (χ0v) is 12.9. The molecule has 0 saturated carbocycles. The summed E-state index contributed by atoms with van der Waals surface area (Å²) in [7, 11) is 1.88. The highest BCUT2D eigenvalue weighted by molar-refractivity contribution is 5.78. The molecule has 5 nitrogen and oxygen atoms in total. The number of benzene rings is 1. The Morgan fingerprint density at radius 2 is 2.10 bits per heavy atom. The van der Waals surface area contributed by atoms with E-state index in [4.69, 9.17) is 4.74 Å². The summed E-state index contributed by atoms with van der Waals surface area (Å²) in [5, 5.41) is 7.11. The molecule has 5 heteroatoms. The summed E-state index contributed by atoms with van der Waals surface area (Å²) in [6, 6.07) is 7.55. The van der Waals surface area contributed by atoms with E-state index in [0.29, 0.717) is 0 Å². The molecule has 1 amide bonds. The van der Waals surface area contributed by atoms with Gasteiger partial charge in [0, 0.05) is 18.3 Å². The lowest BCUT2D eigenvalue weighted by Crippen LogP contribution is -2.31. The molecule has 1 aromatic heterocycles. The van der Waals surface area contributed by atoms with E-state index in [1.807, 2.05) is 52.1 Å². The van der Waals surface area contributed by atoms with Gasteiger partial charge in [-0.3, -0.25) is 9.48 Å². The van der Waals surface area contributed by atoms with Crippen LogP contribution in [-0.2, 0) is 11.8 Å². The fraction of sp³-hybridized carbons (Fsp3) is 0.375. The minimum absolute atomic E-state index is 0.00844. The van der Waals surface area contributed by atoms with Gasteiger partial charge >= 0.3 is 0 Å². The number of carbonyl (C=O) groups is 1. The second kappa shape index (κ2) is 6.43. The summed E-state index contributed by atoms with van der Waals surface area (Å²) in [6.07, 6.45) is 1.78. The number of rotatable bonds is 5. The minimum atomic E-state index is -0.144. The van der Waals surface area contributed by atoms with Gasteiger partial charge in [-0.05, 0) is 32.4 Å². The molecule has 0 aliphatic rings. The number of nitrogens with one attached hydrogen (secondary N) is 1. The Labute approximate surface area is 124 Å². The lowest BCUT2D eigenvalue weighted by Gasteiger charge is -2.14. The first-order valence-corrected chi connectivity index (χ1v) is 6.95. The van der Waals surface area contributed by atoms with Crippen molar-refractivity contribution < 1.29 is 9.53 Å². The number of carbonyl (C=O) groups excluding carboxylic acids is 1. The van der Waals surface area contributed by atoms with Crippen molar-refractivity contribution in [2.75, 3.05) is 6.61 Å². The highest BCUT2D eigenvalue weighted by atomic mass is 16.5. The highest BCUT2D eigenvalue weighted by Gasteiger charge is 2.14. The maximum atomic E-state index is 12.0. The van der Waals surface area contributed by atoms with Gasteiger partial charge in [0.2, 0.25) is 0 Å². The zero-order chi connectivity index (χ0) is 15.4. The molecule has 0 bridgehead atoms. The predicted octanol–water partition coefficient (Wildman–Crippen LogP) is 2.29. The third-order valence-electron chi connectivity index (χ3n) is 3.57. The van der Waals surface area contributed by atoms with Gasteiger partial charge in [-0.2, -0.15) is 5.10 Å². The summed E-state index contributed by atoms with van der Waals surface area (Å²) < 4.78 is 7.33. The second-order valence-corrected chi connectivity index (χ2v) is 5.15. The summed E-state index contributed by atoms with van der Waals surface area (Å²) in [5.41, 5.74) is 3.07. The summed E-state index contributed by atoms with van der Waals surface area (Å²) in [6.45, 7) is 5.88.